The van der Waals surface area contributed by atoms with Crippen molar-refractivity contribution in [1.82, 2.24) is 20.3 Å². The summed E-state index contributed by atoms with van der Waals surface area (Å²) in [6, 6.07) is 12.0. The highest BCUT2D eigenvalue weighted by Gasteiger charge is 2.12. The normalized spacial score (nSPS) is 10.3. The predicted octanol–water partition coefficient (Wildman–Crippen LogP) is 0.946. The second-order valence-corrected chi connectivity index (χ2v) is 6.21. The number of carbonyl (C=O) groups is 2. The Kier molecular flexibility index (Phi) is 6.23. The molecule has 0 saturated carbocycles. The number of aromatic amines is 1. The molecule has 0 aliphatic heterocycles. The number of urea groups is 1. The lowest BCUT2D eigenvalue weighted by Gasteiger charge is -2.09. The molecule has 0 spiro atoms. The van der Waals surface area contributed by atoms with E-state index in [0.717, 1.165) is 5.56 Å². The second kappa shape index (κ2) is 9.19. The predicted molar refractivity (Wildman–Crippen MR) is 113 cm³/mol. The number of hydrogen-bond acceptors (Lipinski definition) is 7. The van der Waals surface area contributed by atoms with Crippen molar-refractivity contribution in [2.45, 2.75) is 6.42 Å². The van der Waals surface area contributed by atoms with E-state index in [9.17, 15) is 14.4 Å². The van der Waals surface area contributed by atoms with E-state index in [-0.39, 0.29) is 29.1 Å². The number of nitrogens with two attached hydrogens (primary N) is 2. The molecule has 0 fully saturated rings. The lowest BCUT2D eigenvalue weighted by Crippen LogP contribution is -2.27. The summed E-state index contributed by atoms with van der Waals surface area (Å²) in [5.41, 5.74) is 11.7. The fourth-order valence-corrected chi connectivity index (χ4v) is 2.56. The van der Waals surface area contributed by atoms with Gasteiger partial charge in [0.2, 0.25) is 5.95 Å². The van der Waals surface area contributed by atoms with Crippen LogP contribution in [0.5, 0.6) is 0 Å². The molecule has 0 radical (unpaired) electrons. The minimum Gasteiger partial charge on any atom is -0.382 e. The zero-order valence-electron chi connectivity index (χ0n) is 15.8. The van der Waals surface area contributed by atoms with E-state index in [1.54, 1.807) is 0 Å². The van der Waals surface area contributed by atoms with Gasteiger partial charge >= 0.3 is 6.03 Å². The van der Waals surface area contributed by atoms with Crippen LogP contribution in [0.25, 0.3) is 0 Å². The van der Waals surface area contributed by atoms with Gasteiger partial charge in [-0.15, -0.1) is 0 Å². The largest absolute Gasteiger partial charge is 0.382 e. The fourth-order valence-electron chi connectivity index (χ4n) is 2.56. The third-order valence-corrected chi connectivity index (χ3v) is 4.00. The number of nitrogen functional groups attached to an aromatic ring is 2. The highest BCUT2D eigenvalue weighted by atomic mass is 16.2. The molecular formula is C19H20N8O3. The summed E-state index contributed by atoms with van der Waals surface area (Å²) >= 11 is 0. The van der Waals surface area contributed by atoms with Gasteiger partial charge in [-0.3, -0.25) is 19.9 Å². The lowest BCUT2D eigenvalue weighted by molar-refractivity contribution is 0.0949. The Morgan fingerprint density at radius 2 is 1.80 bits per heavy atom. The zero-order chi connectivity index (χ0) is 21.5. The van der Waals surface area contributed by atoms with Gasteiger partial charge in [-0.25, -0.2) is 9.78 Å². The molecule has 3 amide bonds. The number of hydrogen-bond donors (Lipinski definition) is 6. The van der Waals surface area contributed by atoms with Crippen LogP contribution in [0.15, 0.2) is 53.5 Å². The molecule has 11 heteroatoms. The first-order valence-corrected chi connectivity index (χ1v) is 8.94. The summed E-state index contributed by atoms with van der Waals surface area (Å²) in [5.74, 6) is -0.702. The minimum absolute atomic E-state index is 0.162. The Hall–Kier alpha value is -4.41. The maximum atomic E-state index is 12.2. The van der Waals surface area contributed by atoms with Gasteiger partial charge in [-0.1, -0.05) is 30.3 Å². The number of benzene rings is 1. The van der Waals surface area contributed by atoms with Gasteiger partial charge in [0, 0.05) is 6.54 Å². The SMILES string of the molecule is Nc1nc(N)c(NC(=O)Nc2ccc(C(=O)NCCc3ccccc3)nc2)c(=O)[nH]1. The van der Waals surface area contributed by atoms with Crippen LogP contribution in [0.1, 0.15) is 16.1 Å². The average Bonchev–Trinajstić information content (AvgIpc) is 2.72. The van der Waals surface area contributed by atoms with Crippen LogP contribution in [0.4, 0.5) is 27.9 Å². The smallest absolute Gasteiger partial charge is 0.323 e. The number of anilines is 4. The Balaban J connectivity index is 1.53. The van der Waals surface area contributed by atoms with Gasteiger partial charge < -0.3 is 22.1 Å². The standard InChI is InChI=1S/C19H20N8O3/c20-15-14(17(29)27-18(21)26-15)25-19(30)24-12-6-7-13(23-10-12)16(28)22-9-8-11-4-2-1-3-5-11/h1-7,10H,8-9H2,(H,22,28)(H2,24,25,30)(H5,20,21,26,27,29). The van der Waals surface area contributed by atoms with Gasteiger partial charge in [0.1, 0.15) is 5.69 Å². The summed E-state index contributed by atoms with van der Waals surface area (Å²) in [5, 5.41) is 7.56. The van der Waals surface area contributed by atoms with Crippen LogP contribution in [0.2, 0.25) is 0 Å². The Morgan fingerprint density at radius 1 is 1.03 bits per heavy atom. The average molecular weight is 408 g/mol. The van der Waals surface area contributed by atoms with Crippen molar-refractivity contribution in [3.63, 3.8) is 0 Å². The second-order valence-electron chi connectivity index (χ2n) is 6.21. The molecule has 2 heterocycles. The van der Waals surface area contributed by atoms with Crippen molar-refractivity contribution in [1.29, 1.82) is 0 Å². The maximum absolute atomic E-state index is 12.2. The van der Waals surface area contributed by atoms with E-state index in [1.165, 1.54) is 18.3 Å². The molecule has 0 bridgehead atoms. The number of rotatable bonds is 6. The van der Waals surface area contributed by atoms with Crippen molar-refractivity contribution in [2.75, 3.05) is 28.6 Å². The van der Waals surface area contributed by atoms with E-state index in [1.807, 2.05) is 30.3 Å². The van der Waals surface area contributed by atoms with Gasteiger partial charge in [0.15, 0.2) is 11.5 Å². The van der Waals surface area contributed by atoms with Gasteiger partial charge in [0.05, 0.1) is 11.9 Å². The van der Waals surface area contributed by atoms with Gasteiger partial charge in [-0.2, -0.15) is 4.98 Å². The van der Waals surface area contributed by atoms with Crippen LogP contribution < -0.4 is 33.0 Å². The summed E-state index contributed by atoms with van der Waals surface area (Å²) in [4.78, 5) is 46.0. The molecule has 8 N–H and O–H groups in total. The number of carbonyl (C=O) groups excluding carboxylic acids is 2. The number of aromatic nitrogens is 3. The first-order chi connectivity index (χ1) is 14.4. The highest BCUT2D eigenvalue weighted by Crippen LogP contribution is 2.11. The van der Waals surface area contributed by atoms with Crippen molar-refractivity contribution < 1.29 is 9.59 Å². The summed E-state index contributed by atoms with van der Waals surface area (Å²) in [6.45, 7) is 0.471. The van der Waals surface area contributed by atoms with Crippen LogP contribution in [0, 0.1) is 0 Å². The third-order valence-electron chi connectivity index (χ3n) is 4.00. The Labute approximate surface area is 170 Å². The zero-order valence-corrected chi connectivity index (χ0v) is 15.8. The van der Waals surface area contributed by atoms with Crippen molar-refractivity contribution in [2.24, 2.45) is 0 Å². The van der Waals surface area contributed by atoms with Gasteiger partial charge in [0.25, 0.3) is 11.5 Å². The van der Waals surface area contributed by atoms with Crippen LogP contribution in [-0.2, 0) is 6.42 Å². The molecule has 0 aliphatic rings. The molecule has 30 heavy (non-hydrogen) atoms. The van der Waals surface area contributed by atoms with Crippen LogP contribution in [0.3, 0.4) is 0 Å². The molecule has 1 aromatic carbocycles. The molecule has 0 unspecified atom stereocenters. The molecule has 3 aromatic rings. The topological polar surface area (TPSA) is 181 Å². The van der Waals surface area contributed by atoms with E-state index in [4.69, 9.17) is 11.5 Å². The van der Waals surface area contributed by atoms with E-state index in [0.29, 0.717) is 18.7 Å². The Bertz CT molecular complexity index is 1100. The number of H-pyrrole nitrogens is 1. The number of pyridine rings is 1. The van der Waals surface area contributed by atoms with Crippen LogP contribution in [-0.4, -0.2) is 33.4 Å². The van der Waals surface area contributed by atoms with Crippen molar-refractivity contribution >= 4 is 35.1 Å². The molecule has 3 rings (SSSR count). The third kappa shape index (κ3) is 5.32. The number of nitrogens with one attached hydrogen (secondary N) is 4. The molecule has 154 valence electrons. The first-order valence-electron chi connectivity index (χ1n) is 8.94. The molecular weight excluding hydrogens is 388 g/mol. The quantitative estimate of drug-likeness (QED) is 0.351. The minimum atomic E-state index is -0.736. The van der Waals surface area contributed by atoms with Gasteiger partial charge in [-0.05, 0) is 24.1 Å². The molecule has 0 atom stereocenters. The first kappa shape index (κ1) is 20.3. The molecule has 11 nitrogen and oxygen atoms in total. The maximum Gasteiger partial charge on any atom is 0.323 e. The van der Waals surface area contributed by atoms with Crippen molar-refractivity contribution in [3.05, 3.63) is 70.3 Å². The van der Waals surface area contributed by atoms with E-state index < -0.39 is 11.6 Å². The Morgan fingerprint density at radius 3 is 2.47 bits per heavy atom. The molecule has 0 saturated heterocycles. The monoisotopic (exact) mass is 408 g/mol. The summed E-state index contributed by atoms with van der Waals surface area (Å²) < 4.78 is 0. The number of nitrogens with zero attached hydrogens (tertiary/aromatic N) is 2. The van der Waals surface area contributed by atoms with Crippen molar-refractivity contribution in [3.8, 4) is 0 Å². The van der Waals surface area contributed by atoms with E-state index in [2.05, 4.69) is 30.9 Å². The summed E-state index contributed by atoms with van der Waals surface area (Å²) in [6.07, 6.45) is 2.02. The summed E-state index contributed by atoms with van der Waals surface area (Å²) in [7, 11) is 0. The molecule has 0 aliphatic carbocycles. The molecule has 2 aromatic heterocycles. The van der Waals surface area contributed by atoms with E-state index >= 15 is 0 Å². The highest BCUT2D eigenvalue weighted by molar-refractivity contribution is 6.01. The van der Waals surface area contributed by atoms with Crippen LogP contribution >= 0.6 is 0 Å². The number of amides is 3. The fraction of sp³-hybridized carbons (Fsp3) is 0.105. The lowest BCUT2D eigenvalue weighted by atomic mass is 10.1.